The highest BCUT2D eigenvalue weighted by molar-refractivity contribution is 6.09. The molecule has 0 aliphatic heterocycles. The molecule has 1 heterocycles. The number of aromatic nitrogens is 1. The molecule has 0 unspecified atom stereocenters. The van der Waals surface area contributed by atoms with Gasteiger partial charge in [0, 0.05) is 10.8 Å². The normalized spacial score (nSPS) is 12.4. The summed E-state index contributed by atoms with van der Waals surface area (Å²) in [6.07, 6.45) is 0. The van der Waals surface area contributed by atoms with Crippen LogP contribution in [0.15, 0.2) is 36.4 Å². The van der Waals surface area contributed by atoms with Crippen molar-refractivity contribution in [3.8, 4) is 0 Å². The third kappa shape index (κ3) is 1.71. The molecular weight excluding hydrogens is 232 g/mol. The van der Waals surface area contributed by atoms with Crippen molar-refractivity contribution in [1.29, 1.82) is 0 Å². The van der Waals surface area contributed by atoms with Crippen LogP contribution in [0.5, 0.6) is 0 Å². The highest BCUT2D eigenvalue weighted by atomic mass is 15.3. The topological polar surface area (TPSA) is 30.9 Å². The van der Waals surface area contributed by atoms with Gasteiger partial charge in [-0.2, -0.15) is 0 Å². The molecule has 3 aromatic rings. The molecule has 2 heteroatoms. The van der Waals surface area contributed by atoms with E-state index in [-0.39, 0.29) is 5.41 Å². The zero-order chi connectivity index (χ0) is 13.8. The van der Waals surface area contributed by atoms with Crippen molar-refractivity contribution < 1.29 is 0 Å². The van der Waals surface area contributed by atoms with Gasteiger partial charge in [0.1, 0.15) is 0 Å². The summed E-state index contributed by atoms with van der Waals surface area (Å²) in [5.74, 6) is 6.30. The van der Waals surface area contributed by atoms with Gasteiger partial charge in [0.05, 0.1) is 11.0 Å². The molecule has 0 spiro atoms. The maximum atomic E-state index is 6.30. The molecule has 0 fully saturated rings. The predicted molar refractivity (Wildman–Crippen MR) is 83.0 cm³/mol. The minimum Gasteiger partial charge on any atom is -0.339 e. The van der Waals surface area contributed by atoms with Crippen molar-refractivity contribution in [3.63, 3.8) is 0 Å². The maximum Gasteiger partial charge on any atom is 0.0732 e. The van der Waals surface area contributed by atoms with E-state index in [1.807, 2.05) is 4.68 Å². The van der Waals surface area contributed by atoms with E-state index in [2.05, 4.69) is 64.1 Å². The Morgan fingerprint density at radius 3 is 2.42 bits per heavy atom. The highest BCUT2D eigenvalue weighted by Gasteiger charge is 2.17. The molecule has 0 aliphatic carbocycles. The Kier molecular flexibility index (Phi) is 2.40. The third-order valence-corrected chi connectivity index (χ3v) is 3.89. The molecule has 98 valence electrons. The summed E-state index contributed by atoms with van der Waals surface area (Å²) in [6, 6.07) is 13.0. The van der Waals surface area contributed by atoms with Gasteiger partial charge in [0.25, 0.3) is 0 Å². The Bertz CT molecular complexity index is 773. The SMILES string of the molecule is Cc1cccc2c3ccc(C(C)(C)C)cc3n(N)c12. The number of hydrogen-bond donors (Lipinski definition) is 1. The van der Waals surface area contributed by atoms with Gasteiger partial charge in [-0.05, 0) is 29.5 Å². The molecule has 0 radical (unpaired) electrons. The smallest absolute Gasteiger partial charge is 0.0732 e. The first-order valence-electron chi connectivity index (χ1n) is 6.69. The van der Waals surface area contributed by atoms with Crippen LogP contribution in [0.1, 0.15) is 31.9 Å². The number of rotatable bonds is 0. The Hall–Kier alpha value is -1.96. The molecule has 2 nitrogen and oxygen atoms in total. The maximum absolute atomic E-state index is 6.30. The summed E-state index contributed by atoms with van der Waals surface area (Å²) >= 11 is 0. The minimum absolute atomic E-state index is 0.139. The fraction of sp³-hybridized carbons (Fsp3) is 0.294. The van der Waals surface area contributed by atoms with E-state index in [9.17, 15) is 0 Å². The predicted octanol–water partition coefficient (Wildman–Crippen LogP) is 4.11. The van der Waals surface area contributed by atoms with Crippen LogP contribution < -0.4 is 5.84 Å². The van der Waals surface area contributed by atoms with Crippen molar-refractivity contribution in [2.24, 2.45) is 0 Å². The van der Waals surface area contributed by atoms with E-state index in [0.717, 1.165) is 11.0 Å². The van der Waals surface area contributed by atoms with Crippen LogP contribution >= 0.6 is 0 Å². The fourth-order valence-electron chi connectivity index (χ4n) is 2.74. The van der Waals surface area contributed by atoms with E-state index in [4.69, 9.17) is 5.84 Å². The molecule has 19 heavy (non-hydrogen) atoms. The van der Waals surface area contributed by atoms with Gasteiger partial charge in [0.15, 0.2) is 0 Å². The van der Waals surface area contributed by atoms with Crippen molar-refractivity contribution in [1.82, 2.24) is 4.68 Å². The summed E-state index contributed by atoms with van der Waals surface area (Å²) < 4.78 is 1.83. The number of hydrogen-bond acceptors (Lipinski definition) is 1. The molecular formula is C17H20N2. The number of para-hydroxylation sites is 1. The second-order valence-corrected chi connectivity index (χ2v) is 6.32. The van der Waals surface area contributed by atoms with E-state index < -0.39 is 0 Å². The molecule has 0 aliphatic rings. The van der Waals surface area contributed by atoms with Gasteiger partial charge in [-0.3, -0.25) is 4.68 Å². The van der Waals surface area contributed by atoms with Gasteiger partial charge in [-0.15, -0.1) is 0 Å². The summed E-state index contributed by atoms with van der Waals surface area (Å²) in [5.41, 5.74) is 4.90. The van der Waals surface area contributed by atoms with Crippen LogP contribution in [0.4, 0.5) is 0 Å². The Morgan fingerprint density at radius 2 is 1.74 bits per heavy atom. The number of nitrogens with zero attached hydrogens (tertiary/aromatic N) is 1. The Balaban J connectivity index is 2.45. The number of fused-ring (bicyclic) bond motifs is 3. The second kappa shape index (κ2) is 3.77. The van der Waals surface area contributed by atoms with Gasteiger partial charge < -0.3 is 5.84 Å². The third-order valence-electron chi connectivity index (χ3n) is 3.89. The molecule has 2 N–H and O–H groups in total. The lowest BCUT2D eigenvalue weighted by Gasteiger charge is -2.19. The van der Waals surface area contributed by atoms with Crippen LogP contribution in [0.25, 0.3) is 21.8 Å². The fourth-order valence-corrected chi connectivity index (χ4v) is 2.74. The molecule has 2 aromatic carbocycles. The van der Waals surface area contributed by atoms with Gasteiger partial charge in [-0.25, -0.2) is 0 Å². The lowest BCUT2D eigenvalue weighted by Crippen LogP contribution is -2.12. The highest BCUT2D eigenvalue weighted by Crippen LogP contribution is 2.32. The van der Waals surface area contributed by atoms with Crippen molar-refractivity contribution in [2.45, 2.75) is 33.1 Å². The van der Waals surface area contributed by atoms with Crippen LogP contribution in [0.3, 0.4) is 0 Å². The number of aryl methyl sites for hydroxylation is 1. The average molecular weight is 252 g/mol. The van der Waals surface area contributed by atoms with Crippen molar-refractivity contribution >= 4 is 21.8 Å². The van der Waals surface area contributed by atoms with E-state index >= 15 is 0 Å². The molecule has 0 saturated carbocycles. The second-order valence-electron chi connectivity index (χ2n) is 6.32. The molecule has 1 aromatic heterocycles. The zero-order valence-electron chi connectivity index (χ0n) is 12.0. The van der Waals surface area contributed by atoms with E-state index in [1.165, 1.54) is 21.9 Å². The van der Waals surface area contributed by atoms with Crippen LogP contribution in [0.2, 0.25) is 0 Å². The number of benzene rings is 2. The van der Waals surface area contributed by atoms with Crippen molar-refractivity contribution in [3.05, 3.63) is 47.5 Å². The molecule has 0 bridgehead atoms. The first-order valence-corrected chi connectivity index (χ1v) is 6.69. The number of nitrogen functional groups attached to an aromatic ring is 1. The first-order chi connectivity index (χ1) is 8.89. The van der Waals surface area contributed by atoms with Crippen LogP contribution in [-0.2, 0) is 5.41 Å². The number of nitrogens with two attached hydrogens (primary N) is 1. The zero-order valence-corrected chi connectivity index (χ0v) is 12.0. The van der Waals surface area contributed by atoms with Crippen LogP contribution in [0, 0.1) is 6.92 Å². The standard InChI is InChI=1S/C17H20N2/c1-11-6-5-7-14-13-9-8-12(17(2,3)4)10-15(13)19(18)16(11)14/h5-10H,18H2,1-4H3. The van der Waals surface area contributed by atoms with E-state index in [1.54, 1.807) is 0 Å². The minimum atomic E-state index is 0.139. The van der Waals surface area contributed by atoms with E-state index in [0.29, 0.717) is 0 Å². The lowest BCUT2D eigenvalue weighted by molar-refractivity contribution is 0.591. The summed E-state index contributed by atoms with van der Waals surface area (Å²) in [4.78, 5) is 0. The summed E-state index contributed by atoms with van der Waals surface area (Å²) in [6.45, 7) is 8.78. The Morgan fingerprint density at radius 1 is 1.00 bits per heavy atom. The largest absolute Gasteiger partial charge is 0.339 e. The summed E-state index contributed by atoms with van der Waals surface area (Å²) in [7, 11) is 0. The van der Waals surface area contributed by atoms with Gasteiger partial charge in [0.2, 0.25) is 0 Å². The lowest BCUT2D eigenvalue weighted by atomic mass is 9.86. The average Bonchev–Trinajstić information content (AvgIpc) is 2.63. The Labute approximate surface area is 113 Å². The van der Waals surface area contributed by atoms with Crippen molar-refractivity contribution in [2.75, 3.05) is 5.84 Å². The first kappa shape index (κ1) is 12.1. The molecule has 3 rings (SSSR count). The van der Waals surface area contributed by atoms with Crippen LogP contribution in [-0.4, -0.2) is 4.68 Å². The molecule has 0 amide bonds. The van der Waals surface area contributed by atoms with Gasteiger partial charge in [-0.1, -0.05) is 51.1 Å². The quantitative estimate of drug-likeness (QED) is 0.600. The monoisotopic (exact) mass is 252 g/mol. The summed E-state index contributed by atoms with van der Waals surface area (Å²) in [5, 5.41) is 2.46. The van der Waals surface area contributed by atoms with Gasteiger partial charge >= 0.3 is 0 Å². The molecule has 0 atom stereocenters. The molecule has 0 saturated heterocycles.